The first-order valence-electron chi connectivity index (χ1n) is 4.69. The highest BCUT2D eigenvalue weighted by atomic mass is 19.1. The van der Waals surface area contributed by atoms with Gasteiger partial charge in [0.05, 0.1) is 12.5 Å². The third kappa shape index (κ3) is 1.86. The Bertz CT molecular complexity index is 464. The molecule has 0 atom stereocenters. The van der Waals surface area contributed by atoms with Crippen molar-refractivity contribution in [2.75, 3.05) is 0 Å². The smallest absolute Gasteiger partial charge is 0.216 e. The van der Waals surface area contributed by atoms with Crippen molar-refractivity contribution >= 4 is 0 Å². The fourth-order valence-electron chi connectivity index (χ4n) is 1.35. The van der Waals surface area contributed by atoms with E-state index >= 15 is 0 Å². The van der Waals surface area contributed by atoms with E-state index in [9.17, 15) is 4.39 Å². The van der Waals surface area contributed by atoms with E-state index in [0.717, 1.165) is 5.69 Å². The van der Waals surface area contributed by atoms with E-state index in [1.807, 2.05) is 18.4 Å². The maximum atomic E-state index is 12.9. The first-order chi connectivity index (χ1) is 7.18. The SMILES string of the molecule is CC(C)n1cncc1-c1nccc(F)n1. The van der Waals surface area contributed by atoms with Crippen LogP contribution in [0.25, 0.3) is 11.5 Å². The molecule has 2 heterocycles. The van der Waals surface area contributed by atoms with Gasteiger partial charge in [-0.2, -0.15) is 9.37 Å². The minimum absolute atomic E-state index is 0.245. The van der Waals surface area contributed by atoms with E-state index in [2.05, 4.69) is 15.0 Å². The zero-order chi connectivity index (χ0) is 10.8. The molecule has 0 amide bonds. The molecule has 0 radical (unpaired) electrons. The van der Waals surface area contributed by atoms with Gasteiger partial charge in [0.1, 0.15) is 5.69 Å². The molecular weight excluding hydrogens is 195 g/mol. The predicted octanol–water partition coefficient (Wildman–Crippen LogP) is 2.06. The lowest BCUT2D eigenvalue weighted by atomic mass is 10.3. The standard InChI is InChI=1S/C10H11FN4/c1-7(2)15-6-12-5-8(15)10-13-4-3-9(11)14-10/h3-7H,1-2H3. The molecule has 2 aromatic rings. The average Bonchev–Trinajstić information content (AvgIpc) is 2.65. The van der Waals surface area contributed by atoms with Crippen molar-refractivity contribution in [1.82, 2.24) is 19.5 Å². The number of hydrogen-bond donors (Lipinski definition) is 0. The van der Waals surface area contributed by atoms with E-state index in [1.54, 1.807) is 12.5 Å². The summed E-state index contributed by atoms with van der Waals surface area (Å²) in [5.41, 5.74) is 0.726. The summed E-state index contributed by atoms with van der Waals surface area (Å²) in [5.74, 6) is -0.169. The normalized spacial score (nSPS) is 10.9. The van der Waals surface area contributed by atoms with Crippen molar-refractivity contribution in [3.63, 3.8) is 0 Å². The van der Waals surface area contributed by atoms with Crippen molar-refractivity contribution in [2.24, 2.45) is 0 Å². The highest BCUT2D eigenvalue weighted by Crippen LogP contribution is 2.18. The lowest BCUT2D eigenvalue weighted by molar-refractivity contribution is 0.575. The van der Waals surface area contributed by atoms with Gasteiger partial charge in [-0.1, -0.05) is 0 Å². The lowest BCUT2D eigenvalue weighted by Gasteiger charge is -2.09. The largest absolute Gasteiger partial charge is 0.325 e. The molecule has 0 aliphatic heterocycles. The van der Waals surface area contributed by atoms with Crippen LogP contribution in [0.15, 0.2) is 24.8 Å². The molecule has 2 rings (SSSR count). The molecule has 0 bridgehead atoms. The van der Waals surface area contributed by atoms with Crippen molar-refractivity contribution in [3.8, 4) is 11.5 Å². The quantitative estimate of drug-likeness (QED) is 0.706. The summed E-state index contributed by atoms with van der Waals surface area (Å²) in [4.78, 5) is 11.7. The highest BCUT2D eigenvalue weighted by molar-refractivity contribution is 5.47. The Morgan fingerprint density at radius 3 is 2.87 bits per heavy atom. The molecule has 0 aliphatic carbocycles. The predicted molar refractivity (Wildman–Crippen MR) is 53.6 cm³/mol. The Morgan fingerprint density at radius 2 is 2.20 bits per heavy atom. The third-order valence-corrected chi connectivity index (χ3v) is 2.07. The fraction of sp³-hybridized carbons (Fsp3) is 0.300. The van der Waals surface area contributed by atoms with Gasteiger partial charge >= 0.3 is 0 Å². The first kappa shape index (κ1) is 9.76. The minimum atomic E-state index is -0.531. The Labute approximate surface area is 86.8 Å². The average molecular weight is 206 g/mol. The van der Waals surface area contributed by atoms with Crippen molar-refractivity contribution < 1.29 is 4.39 Å². The molecule has 15 heavy (non-hydrogen) atoms. The molecule has 0 saturated heterocycles. The van der Waals surface area contributed by atoms with Gasteiger partial charge in [0, 0.05) is 18.3 Å². The lowest BCUT2D eigenvalue weighted by Crippen LogP contribution is -2.03. The Hall–Kier alpha value is -1.78. The van der Waals surface area contributed by atoms with Crippen LogP contribution in [0.5, 0.6) is 0 Å². The Balaban J connectivity index is 2.49. The van der Waals surface area contributed by atoms with Gasteiger partial charge < -0.3 is 4.57 Å². The second-order valence-corrected chi connectivity index (χ2v) is 3.48. The third-order valence-electron chi connectivity index (χ3n) is 2.07. The summed E-state index contributed by atoms with van der Waals surface area (Å²) < 4.78 is 14.8. The Morgan fingerprint density at radius 1 is 1.40 bits per heavy atom. The van der Waals surface area contributed by atoms with Gasteiger partial charge in [-0.25, -0.2) is 9.97 Å². The van der Waals surface area contributed by atoms with Crippen LogP contribution >= 0.6 is 0 Å². The summed E-state index contributed by atoms with van der Waals surface area (Å²) in [6.45, 7) is 4.04. The summed E-state index contributed by atoms with van der Waals surface area (Å²) in [6.07, 6.45) is 4.72. The van der Waals surface area contributed by atoms with Crippen molar-refractivity contribution in [2.45, 2.75) is 19.9 Å². The van der Waals surface area contributed by atoms with Crippen LogP contribution in [0.3, 0.4) is 0 Å². The molecule has 0 unspecified atom stereocenters. The van der Waals surface area contributed by atoms with Gasteiger partial charge in [0.25, 0.3) is 0 Å². The van der Waals surface area contributed by atoms with Gasteiger partial charge in [0.15, 0.2) is 5.82 Å². The van der Waals surface area contributed by atoms with Crippen LogP contribution in [-0.2, 0) is 0 Å². The van der Waals surface area contributed by atoms with Crippen LogP contribution in [0.2, 0.25) is 0 Å². The summed E-state index contributed by atoms with van der Waals surface area (Å²) in [5, 5.41) is 0. The summed E-state index contributed by atoms with van der Waals surface area (Å²) >= 11 is 0. The monoisotopic (exact) mass is 206 g/mol. The van der Waals surface area contributed by atoms with E-state index in [0.29, 0.717) is 5.82 Å². The number of aromatic nitrogens is 4. The number of imidazole rings is 1. The van der Waals surface area contributed by atoms with Gasteiger partial charge in [-0.05, 0) is 13.8 Å². The van der Waals surface area contributed by atoms with Gasteiger partial charge in [-0.15, -0.1) is 0 Å². The second kappa shape index (κ2) is 3.76. The topological polar surface area (TPSA) is 43.6 Å². The fourth-order valence-corrected chi connectivity index (χ4v) is 1.35. The van der Waals surface area contributed by atoms with E-state index < -0.39 is 5.95 Å². The number of rotatable bonds is 2. The number of hydrogen-bond acceptors (Lipinski definition) is 3. The van der Waals surface area contributed by atoms with Crippen molar-refractivity contribution in [1.29, 1.82) is 0 Å². The second-order valence-electron chi connectivity index (χ2n) is 3.48. The number of halogens is 1. The molecule has 5 heteroatoms. The molecule has 0 aromatic carbocycles. The maximum absolute atomic E-state index is 12.9. The van der Waals surface area contributed by atoms with Crippen LogP contribution in [0, 0.1) is 5.95 Å². The molecule has 78 valence electrons. The van der Waals surface area contributed by atoms with Crippen LogP contribution in [-0.4, -0.2) is 19.5 Å². The molecule has 0 aliphatic rings. The van der Waals surface area contributed by atoms with Crippen LogP contribution in [0.1, 0.15) is 19.9 Å². The number of nitrogens with zero attached hydrogens (tertiary/aromatic N) is 4. The van der Waals surface area contributed by atoms with Crippen LogP contribution in [0.4, 0.5) is 4.39 Å². The first-order valence-corrected chi connectivity index (χ1v) is 4.69. The van der Waals surface area contributed by atoms with E-state index in [4.69, 9.17) is 0 Å². The van der Waals surface area contributed by atoms with E-state index in [-0.39, 0.29) is 6.04 Å². The molecule has 0 spiro atoms. The molecular formula is C10H11FN4. The molecule has 2 aromatic heterocycles. The maximum Gasteiger partial charge on any atom is 0.216 e. The molecule has 0 fully saturated rings. The van der Waals surface area contributed by atoms with Gasteiger partial charge in [-0.3, -0.25) is 0 Å². The molecule has 0 N–H and O–H groups in total. The highest BCUT2D eigenvalue weighted by Gasteiger charge is 2.10. The summed E-state index contributed by atoms with van der Waals surface area (Å²) in [7, 11) is 0. The minimum Gasteiger partial charge on any atom is -0.325 e. The van der Waals surface area contributed by atoms with Crippen LogP contribution < -0.4 is 0 Å². The van der Waals surface area contributed by atoms with E-state index in [1.165, 1.54) is 12.3 Å². The zero-order valence-corrected chi connectivity index (χ0v) is 8.55. The molecule has 4 nitrogen and oxygen atoms in total. The zero-order valence-electron chi connectivity index (χ0n) is 8.55. The summed E-state index contributed by atoms with van der Waals surface area (Å²) in [6, 6.07) is 1.47. The van der Waals surface area contributed by atoms with Gasteiger partial charge in [0.2, 0.25) is 5.95 Å². The Kier molecular flexibility index (Phi) is 2.45. The molecule has 0 saturated carbocycles. The van der Waals surface area contributed by atoms with Crippen molar-refractivity contribution in [3.05, 3.63) is 30.7 Å².